The van der Waals surface area contributed by atoms with Crippen molar-refractivity contribution in [3.8, 4) is 0 Å². The number of nitrogens with zero attached hydrogens (tertiary/aromatic N) is 1. The lowest BCUT2D eigenvalue weighted by molar-refractivity contribution is 0.203. The summed E-state index contributed by atoms with van der Waals surface area (Å²) in [4.78, 5) is 2.30. The molecule has 0 atom stereocenters. The fourth-order valence-electron chi connectivity index (χ4n) is 2.22. The number of anilines is 1. The highest BCUT2D eigenvalue weighted by Crippen LogP contribution is 2.15. The molecule has 114 valence electrons. The fourth-order valence-corrected chi connectivity index (χ4v) is 2.22. The van der Waals surface area contributed by atoms with E-state index in [1.54, 1.807) is 12.1 Å². The molecule has 0 saturated heterocycles. The summed E-state index contributed by atoms with van der Waals surface area (Å²) in [6, 6.07) is 15.1. The van der Waals surface area contributed by atoms with Crippen LogP contribution in [0.15, 0.2) is 48.5 Å². The lowest BCUT2D eigenvalue weighted by Crippen LogP contribution is -2.29. The summed E-state index contributed by atoms with van der Waals surface area (Å²) in [5.74, 6) is -0.185. The third-order valence-corrected chi connectivity index (χ3v) is 3.34. The average molecular weight is 309 g/mol. The summed E-state index contributed by atoms with van der Waals surface area (Å²) in [7, 11) is 0. The fraction of sp³-hybridized carbons (Fsp3) is 0.294. The molecule has 0 fully saturated rings. The van der Waals surface area contributed by atoms with Crippen LogP contribution in [0.3, 0.4) is 0 Å². The van der Waals surface area contributed by atoms with Gasteiger partial charge < -0.3 is 5.73 Å². The van der Waals surface area contributed by atoms with Crippen molar-refractivity contribution in [2.75, 3.05) is 5.73 Å². The Morgan fingerprint density at radius 1 is 1.00 bits per heavy atom. The first-order valence-corrected chi connectivity index (χ1v) is 6.87. The molecule has 0 aliphatic rings. The Balaban J connectivity index is 0.00000220. The number of hydrogen-bond acceptors (Lipinski definition) is 2. The predicted octanol–water partition coefficient (Wildman–Crippen LogP) is 4.24. The van der Waals surface area contributed by atoms with Crippen molar-refractivity contribution < 1.29 is 4.39 Å². The van der Waals surface area contributed by atoms with Crippen LogP contribution in [-0.2, 0) is 13.1 Å². The van der Waals surface area contributed by atoms with Gasteiger partial charge in [0.15, 0.2) is 0 Å². The summed E-state index contributed by atoms with van der Waals surface area (Å²) in [5, 5.41) is 0. The molecule has 0 aliphatic heterocycles. The van der Waals surface area contributed by atoms with Crippen LogP contribution in [-0.4, -0.2) is 10.9 Å². The minimum Gasteiger partial charge on any atom is -0.399 e. The first kappa shape index (κ1) is 17.5. The van der Waals surface area contributed by atoms with Gasteiger partial charge in [0.25, 0.3) is 0 Å². The highest BCUT2D eigenvalue weighted by molar-refractivity contribution is 5.85. The van der Waals surface area contributed by atoms with Gasteiger partial charge in [-0.2, -0.15) is 0 Å². The SMILES string of the molecule is CC(C)N(Cc1cccc(N)c1)Cc1cccc(F)c1.Cl. The molecule has 0 bridgehead atoms. The van der Waals surface area contributed by atoms with Crippen molar-refractivity contribution in [1.82, 2.24) is 4.90 Å². The molecule has 2 N–H and O–H groups in total. The molecular weight excluding hydrogens is 287 g/mol. The largest absolute Gasteiger partial charge is 0.399 e. The van der Waals surface area contributed by atoms with E-state index in [9.17, 15) is 4.39 Å². The van der Waals surface area contributed by atoms with E-state index in [1.807, 2.05) is 24.3 Å². The van der Waals surface area contributed by atoms with Crippen LogP contribution in [0, 0.1) is 5.82 Å². The van der Waals surface area contributed by atoms with Gasteiger partial charge in [-0.3, -0.25) is 4.90 Å². The van der Waals surface area contributed by atoms with E-state index in [-0.39, 0.29) is 18.2 Å². The molecule has 0 radical (unpaired) electrons. The van der Waals surface area contributed by atoms with E-state index in [0.717, 1.165) is 24.3 Å². The van der Waals surface area contributed by atoms with Crippen LogP contribution in [0.5, 0.6) is 0 Å². The van der Waals surface area contributed by atoms with E-state index < -0.39 is 0 Å². The van der Waals surface area contributed by atoms with Crippen LogP contribution in [0.25, 0.3) is 0 Å². The highest BCUT2D eigenvalue weighted by Gasteiger charge is 2.11. The molecule has 4 heteroatoms. The van der Waals surface area contributed by atoms with E-state index in [2.05, 4.69) is 24.8 Å². The quantitative estimate of drug-likeness (QED) is 0.837. The zero-order valence-electron chi connectivity index (χ0n) is 12.4. The van der Waals surface area contributed by atoms with Crippen molar-refractivity contribution in [1.29, 1.82) is 0 Å². The number of nitrogen functional groups attached to an aromatic ring is 1. The topological polar surface area (TPSA) is 29.3 Å². The minimum absolute atomic E-state index is 0. The van der Waals surface area contributed by atoms with Crippen molar-refractivity contribution >= 4 is 18.1 Å². The molecule has 0 amide bonds. The lowest BCUT2D eigenvalue weighted by Gasteiger charge is -2.26. The molecule has 0 saturated carbocycles. The molecule has 2 rings (SSSR count). The number of halogens is 2. The van der Waals surface area contributed by atoms with Gasteiger partial charge >= 0.3 is 0 Å². The second-order valence-electron chi connectivity index (χ2n) is 5.37. The predicted molar refractivity (Wildman–Crippen MR) is 88.9 cm³/mol. The minimum atomic E-state index is -0.185. The number of benzene rings is 2. The van der Waals surface area contributed by atoms with Gasteiger partial charge in [-0.15, -0.1) is 12.4 Å². The molecule has 0 aromatic heterocycles. The van der Waals surface area contributed by atoms with Crippen LogP contribution in [0.1, 0.15) is 25.0 Å². The van der Waals surface area contributed by atoms with E-state index >= 15 is 0 Å². The van der Waals surface area contributed by atoms with Crippen molar-refractivity contribution in [3.05, 3.63) is 65.5 Å². The normalized spacial score (nSPS) is 10.7. The van der Waals surface area contributed by atoms with E-state index in [1.165, 1.54) is 11.6 Å². The first-order valence-electron chi connectivity index (χ1n) is 6.87. The first-order chi connectivity index (χ1) is 9.54. The lowest BCUT2D eigenvalue weighted by atomic mass is 10.1. The maximum atomic E-state index is 13.3. The maximum absolute atomic E-state index is 13.3. The molecule has 21 heavy (non-hydrogen) atoms. The van der Waals surface area contributed by atoms with Gasteiger partial charge in [-0.05, 0) is 49.2 Å². The van der Waals surface area contributed by atoms with Gasteiger partial charge in [-0.25, -0.2) is 4.39 Å². The summed E-state index contributed by atoms with van der Waals surface area (Å²) < 4.78 is 13.3. The molecular formula is C17H22ClFN2. The molecule has 0 spiro atoms. The number of rotatable bonds is 5. The van der Waals surface area contributed by atoms with Crippen LogP contribution >= 0.6 is 12.4 Å². The standard InChI is InChI=1S/C17H21FN2.ClH/c1-13(2)20(11-14-5-3-7-16(18)9-14)12-15-6-4-8-17(19)10-15;/h3-10,13H,11-12,19H2,1-2H3;1H. The third-order valence-electron chi connectivity index (χ3n) is 3.34. The molecule has 0 aliphatic carbocycles. The summed E-state index contributed by atoms with van der Waals surface area (Å²) in [6.07, 6.45) is 0. The second-order valence-corrected chi connectivity index (χ2v) is 5.37. The summed E-state index contributed by atoms with van der Waals surface area (Å²) >= 11 is 0. The molecule has 2 aromatic rings. The maximum Gasteiger partial charge on any atom is 0.123 e. The molecule has 0 unspecified atom stereocenters. The Hall–Kier alpha value is -1.58. The number of hydrogen-bond donors (Lipinski definition) is 1. The zero-order valence-corrected chi connectivity index (χ0v) is 13.2. The molecule has 0 heterocycles. The Kier molecular flexibility index (Phi) is 6.66. The van der Waals surface area contributed by atoms with Gasteiger partial charge in [0.1, 0.15) is 5.82 Å². The molecule has 2 aromatic carbocycles. The van der Waals surface area contributed by atoms with Gasteiger partial charge in [0, 0.05) is 24.8 Å². The van der Waals surface area contributed by atoms with E-state index in [0.29, 0.717) is 6.04 Å². The summed E-state index contributed by atoms with van der Waals surface area (Å²) in [6.45, 7) is 5.82. The van der Waals surface area contributed by atoms with Gasteiger partial charge in [0.05, 0.1) is 0 Å². The van der Waals surface area contributed by atoms with Gasteiger partial charge in [0.2, 0.25) is 0 Å². The van der Waals surface area contributed by atoms with Crippen LogP contribution in [0.2, 0.25) is 0 Å². The zero-order chi connectivity index (χ0) is 14.5. The Morgan fingerprint density at radius 2 is 1.57 bits per heavy atom. The molecule has 2 nitrogen and oxygen atoms in total. The van der Waals surface area contributed by atoms with Crippen molar-refractivity contribution in [2.24, 2.45) is 0 Å². The van der Waals surface area contributed by atoms with Crippen molar-refractivity contribution in [3.63, 3.8) is 0 Å². The Labute approximate surface area is 132 Å². The van der Waals surface area contributed by atoms with Crippen LogP contribution in [0.4, 0.5) is 10.1 Å². The second kappa shape index (κ2) is 8.01. The van der Waals surface area contributed by atoms with E-state index in [4.69, 9.17) is 5.73 Å². The van der Waals surface area contributed by atoms with Crippen molar-refractivity contribution in [2.45, 2.75) is 33.0 Å². The van der Waals surface area contributed by atoms with Crippen LogP contribution < -0.4 is 5.73 Å². The third kappa shape index (κ3) is 5.37. The average Bonchev–Trinajstić information content (AvgIpc) is 2.38. The Morgan fingerprint density at radius 3 is 2.10 bits per heavy atom. The van der Waals surface area contributed by atoms with Gasteiger partial charge in [-0.1, -0.05) is 24.3 Å². The highest BCUT2D eigenvalue weighted by atomic mass is 35.5. The smallest absolute Gasteiger partial charge is 0.123 e. The Bertz CT molecular complexity index is 525. The number of nitrogens with two attached hydrogens (primary N) is 1. The monoisotopic (exact) mass is 308 g/mol. The summed E-state index contributed by atoms with van der Waals surface area (Å²) in [5.41, 5.74) is 8.75.